The van der Waals surface area contributed by atoms with E-state index in [4.69, 9.17) is 5.73 Å². The summed E-state index contributed by atoms with van der Waals surface area (Å²) in [6.45, 7) is 2.38. The predicted octanol–water partition coefficient (Wildman–Crippen LogP) is 0.188. The van der Waals surface area contributed by atoms with E-state index < -0.39 is 20.9 Å². The molecule has 0 bridgehead atoms. The number of halogens is 1. The van der Waals surface area contributed by atoms with Gasteiger partial charge in [-0.25, -0.2) is 17.8 Å². The van der Waals surface area contributed by atoms with Gasteiger partial charge in [0, 0.05) is 25.3 Å². The van der Waals surface area contributed by atoms with Crippen molar-refractivity contribution in [2.24, 2.45) is 11.7 Å². The zero-order chi connectivity index (χ0) is 12.6. The minimum atomic E-state index is -3.87. The quantitative estimate of drug-likeness (QED) is 0.822. The standard InChI is InChI=1S/C10H14FN3O2S/c1-7-5-14(6-9(7)12)17(15,16)10-8(11)3-2-4-13-10/h2-4,7,9H,5-6,12H2,1H3. The van der Waals surface area contributed by atoms with E-state index in [1.165, 1.54) is 16.6 Å². The van der Waals surface area contributed by atoms with E-state index >= 15 is 0 Å². The molecule has 17 heavy (non-hydrogen) atoms. The van der Waals surface area contributed by atoms with Gasteiger partial charge in [0.15, 0.2) is 5.82 Å². The average molecular weight is 259 g/mol. The molecule has 2 N–H and O–H groups in total. The summed E-state index contributed by atoms with van der Waals surface area (Å²) in [6.07, 6.45) is 1.26. The van der Waals surface area contributed by atoms with Gasteiger partial charge in [-0.15, -0.1) is 0 Å². The van der Waals surface area contributed by atoms with Crippen molar-refractivity contribution < 1.29 is 12.8 Å². The Labute approximate surface area is 99.5 Å². The van der Waals surface area contributed by atoms with Crippen molar-refractivity contribution in [1.82, 2.24) is 9.29 Å². The Hall–Kier alpha value is -1.05. The number of rotatable bonds is 2. The Morgan fingerprint density at radius 3 is 2.76 bits per heavy atom. The third kappa shape index (κ3) is 2.18. The Balaban J connectivity index is 2.36. The van der Waals surface area contributed by atoms with Crippen molar-refractivity contribution in [3.63, 3.8) is 0 Å². The number of aromatic nitrogens is 1. The van der Waals surface area contributed by atoms with Crippen LogP contribution in [0.2, 0.25) is 0 Å². The summed E-state index contributed by atoms with van der Waals surface area (Å²) in [5, 5.41) is -0.527. The van der Waals surface area contributed by atoms with Crippen molar-refractivity contribution in [1.29, 1.82) is 0 Å². The van der Waals surface area contributed by atoms with E-state index in [0.29, 0.717) is 6.54 Å². The molecule has 1 saturated heterocycles. The molecule has 5 nitrogen and oxygen atoms in total. The van der Waals surface area contributed by atoms with Crippen molar-refractivity contribution >= 4 is 10.0 Å². The Morgan fingerprint density at radius 2 is 2.24 bits per heavy atom. The topological polar surface area (TPSA) is 76.3 Å². The van der Waals surface area contributed by atoms with Crippen LogP contribution in [0.25, 0.3) is 0 Å². The van der Waals surface area contributed by atoms with E-state index in [1.807, 2.05) is 6.92 Å². The number of nitrogens with zero attached hydrogens (tertiary/aromatic N) is 2. The second-order valence-corrected chi connectivity index (χ2v) is 6.11. The van der Waals surface area contributed by atoms with Crippen LogP contribution in [0.4, 0.5) is 4.39 Å². The summed E-state index contributed by atoms with van der Waals surface area (Å²) >= 11 is 0. The lowest BCUT2D eigenvalue weighted by Crippen LogP contribution is -2.33. The van der Waals surface area contributed by atoms with Gasteiger partial charge in [0.05, 0.1) is 0 Å². The van der Waals surface area contributed by atoms with Crippen LogP contribution in [0.5, 0.6) is 0 Å². The highest BCUT2D eigenvalue weighted by Gasteiger charge is 2.37. The van der Waals surface area contributed by atoms with Crippen molar-refractivity contribution in [2.45, 2.75) is 18.0 Å². The number of hydrogen-bond acceptors (Lipinski definition) is 4. The van der Waals surface area contributed by atoms with Crippen LogP contribution in [0.1, 0.15) is 6.92 Å². The van der Waals surface area contributed by atoms with Crippen LogP contribution < -0.4 is 5.73 Å². The van der Waals surface area contributed by atoms with Gasteiger partial charge < -0.3 is 5.73 Å². The third-order valence-electron chi connectivity index (χ3n) is 2.95. The first-order valence-corrected chi connectivity index (χ1v) is 6.73. The van der Waals surface area contributed by atoms with Crippen LogP contribution in [-0.2, 0) is 10.0 Å². The first-order valence-electron chi connectivity index (χ1n) is 5.29. The second-order valence-electron chi connectivity index (χ2n) is 4.25. The average Bonchev–Trinajstić information content (AvgIpc) is 2.60. The Morgan fingerprint density at radius 1 is 1.53 bits per heavy atom. The van der Waals surface area contributed by atoms with E-state index in [0.717, 1.165) is 6.07 Å². The van der Waals surface area contributed by atoms with E-state index in [-0.39, 0.29) is 18.5 Å². The first-order chi connectivity index (χ1) is 7.93. The Bertz CT molecular complexity index is 510. The minimum absolute atomic E-state index is 0.0662. The lowest BCUT2D eigenvalue weighted by molar-refractivity contribution is 0.453. The molecule has 1 aromatic heterocycles. The molecule has 94 valence electrons. The lowest BCUT2D eigenvalue weighted by atomic mass is 10.1. The molecule has 2 unspecified atom stereocenters. The summed E-state index contributed by atoms with van der Waals surface area (Å²) in [5.74, 6) is -0.767. The number of nitrogens with two attached hydrogens (primary N) is 1. The van der Waals surface area contributed by atoms with Crippen molar-refractivity contribution in [2.75, 3.05) is 13.1 Å². The minimum Gasteiger partial charge on any atom is -0.326 e. The highest BCUT2D eigenvalue weighted by atomic mass is 32.2. The normalized spacial score (nSPS) is 26.3. The van der Waals surface area contributed by atoms with Crippen LogP contribution in [0.15, 0.2) is 23.4 Å². The molecule has 2 heterocycles. The zero-order valence-electron chi connectivity index (χ0n) is 9.38. The molecule has 0 aromatic carbocycles. The maximum absolute atomic E-state index is 13.4. The molecule has 2 atom stereocenters. The SMILES string of the molecule is CC1CN(S(=O)(=O)c2ncccc2F)CC1N. The summed E-state index contributed by atoms with van der Waals surface area (Å²) in [6, 6.07) is 2.22. The van der Waals surface area contributed by atoms with E-state index in [2.05, 4.69) is 4.98 Å². The van der Waals surface area contributed by atoms with Gasteiger partial charge in [-0.2, -0.15) is 4.31 Å². The maximum Gasteiger partial charge on any atom is 0.263 e. The van der Waals surface area contributed by atoms with Gasteiger partial charge in [0.1, 0.15) is 0 Å². The van der Waals surface area contributed by atoms with E-state index in [9.17, 15) is 12.8 Å². The van der Waals surface area contributed by atoms with Crippen molar-refractivity contribution in [3.8, 4) is 0 Å². The highest BCUT2D eigenvalue weighted by Crippen LogP contribution is 2.23. The molecule has 0 spiro atoms. The predicted molar refractivity (Wildman–Crippen MR) is 60.1 cm³/mol. The van der Waals surface area contributed by atoms with Gasteiger partial charge in [-0.1, -0.05) is 6.92 Å². The third-order valence-corrected chi connectivity index (χ3v) is 4.71. The molecule has 0 amide bonds. The van der Waals surface area contributed by atoms with Gasteiger partial charge >= 0.3 is 0 Å². The summed E-state index contributed by atoms with van der Waals surface area (Å²) < 4.78 is 38.9. The number of hydrogen-bond donors (Lipinski definition) is 1. The molecular formula is C10H14FN3O2S. The largest absolute Gasteiger partial charge is 0.326 e. The zero-order valence-corrected chi connectivity index (χ0v) is 10.2. The smallest absolute Gasteiger partial charge is 0.263 e. The highest BCUT2D eigenvalue weighted by molar-refractivity contribution is 7.89. The number of pyridine rings is 1. The van der Waals surface area contributed by atoms with Crippen LogP contribution in [0, 0.1) is 11.7 Å². The maximum atomic E-state index is 13.4. The fourth-order valence-electron chi connectivity index (χ4n) is 1.83. The monoisotopic (exact) mass is 259 g/mol. The summed E-state index contributed by atoms with van der Waals surface area (Å²) in [4.78, 5) is 3.60. The number of sulfonamides is 1. The Kier molecular flexibility index (Phi) is 3.15. The van der Waals surface area contributed by atoms with Crippen LogP contribution in [-0.4, -0.2) is 36.8 Å². The van der Waals surface area contributed by atoms with Crippen LogP contribution >= 0.6 is 0 Å². The summed E-state index contributed by atoms with van der Waals surface area (Å²) in [5.41, 5.74) is 5.76. The molecule has 1 aliphatic heterocycles. The first kappa shape index (κ1) is 12.4. The van der Waals surface area contributed by atoms with Crippen molar-refractivity contribution in [3.05, 3.63) is 24.1 Å². The molecule has 0 radical (unpaired) electrons. The fourth-order valence-corrected chi connectivity index (χ4v) is 3.38. The van der Waals surface area contributed by atoms with Crippen LogP contribution in [0.3, 0.4) is 0 Å². The molecule has 1 aliphatic rings. The van der Waals surface area contributed by atoms with E-state index in [1.54, 1.807) is 0 Å². The van der Waals surface area contributed by atoms with Gasteiger partial charge in [-0.05, 0) is 18.1 Å². The molecule has 1 aromatic rings. The lowest BCUT2D eigenvalue weighted by Gasteiger charge is -2.15. The molecule has 0 aliphatic carbocycles. The molecule has 0 saturated carbocycles. The molecule has 7 heteroatoms. The van der Waals surface area contributed by atoms with Gasteiger partial charge in [-0.3, -0.25) is 0 Å². The molecular weight excluding hydrogens is 245 g/mol. The molecule has 1 fully saturated rings. The summed E-state index contributed by atoms with van der Waals surface area (Å²) in [7, 11) is -3.87. The van der Waals surface area contributed by atoms with Gasteiger partial charge in [0.2, 0.25) is 5.03 Å². The van der Waals surface area contributed by atoms with Gasteiger partial charge in [0.25, 0.3) is 10.0 Å². The second kappa shape index (κ2) is 4.32. The molecule has 2 rings (SSSR count). The fraction of sp³-hybridized carbons (Fsp3) is 0.500.